The summed E-state index contributed by atoms with van der Waals surface area (Å²) in [5.41, 5.74) is 4.26. The second-order valence-electron chi connectivity index (χ2n) is 8.45. The SMILES string of the molecule is COc1ccc(S(=O)(=O)N(CC(=O)N/N=C\c2ccc(OCc3cccc(Cl)c3)cc2)c2cccc(Cl)c2)cc1. The van der Waals surface area contributed by atoms with Crippen molar-refractivity contribution < 1.29 is 22.7 Å². The first-order valence-electron chi connectivity index (χ1n) is 12.0. The Morgan fingerprint density at radius 3 is 2.20 bits per heavy atom. The molecule has 11 heteroatoms. The minimum atomic E-state index is -4.12. The standard InChI is InChI=1S/C29H25Cl2N3O5S/c1-38-26-12-14-28(15-13-26)40(36,37)34(25-7-3-6-24(31)17-25)19-29(35)33-32-18-21-8-10-27(11-9-21)39-20-22-4-2-5-23(30)16-22/h2-18H,19-20H2,1H3,(H,33,35)/b32-18-. The van der Waals surface area contributed by atoms with E-state index in [1.807, 2.05) is 18.2 Å². The molecule has 0 aliphatic carbocycles. The first kappa shape index (κ1) is 28.9. The molecule has 206 valence electrons. The van der Waals surface area contributed by atoms with Crippen LogP contribution in [0.5, 0.6) is 11.5 Å². The van der Waals surface area contributed by atoms with Gasteiger partial charge in [-0.3, -0.25) is 9.10 Å². The van der Waals surface area contributed by atoms with E-state index in [9.17, 15) is 13.2 Å². The number of carbonyl (C=O) groups excluding carboxylic acids is 1. The number of anilines is 1. The highest BCUT2D eigenvalue weighted by Gasteiger charge is 2.27. The van der Waals surface area contributed by atoms with Crippen LogP contribution in [0.4, 0.5) is 5.69 Å². The van der Waals surface area contributed by atoms with Gasteiger partial charge in [-0.05, 0) is 90.0 Å². The molecule has 0 unspecified atom stereocenters. The zero-order chi connectivity index (χ0) is 28.5. The van der Waals surface area contributed by atoms with E-state index in [1.54, 1.807) is 48.5 Å². The molecule has 0 aliphatic heterocycles. The van der Waals surface area contributed by atoms with Gasteiger partial charge in [0.1, 0.15) is 24.7 Å². The molecule has 0 fully saturated rings. The molecule has 0 saturated carbocycles. The minimum Gasteiger partial charge on any atom is -0.497 e. The van der Waals surface area contributed by atoms with E-state index < -0.39 is 22.5 Å². The van der Waals surface area contributed by atoms with Crippen molar-refractivity contribution in [3.63, 3.8) is 0 Å². The smallest absolute Gasteiger partial charge is 0.264 e. The first-order valence-corrected chi connectivity index (χ1v) is 14.2. The maximum Gasteiger partial charge on any atom is 0.264 e. The number of methoxy groups -OCH3 is 1. The summed E-state index contributed by atoms with van der Waals surface area (Å²) in [5.74, 6) is 0.512. The molecule has 4 rings (SSSR count). The summed E-state index contributed by atoms with van der Waals surface area (Å²) >= 11 is 12.1. The Morgan fingerprint density at radius 1 is 0.900 bits per heavy atom. The Labute approximate surface area is 242 Å². The van der Waals surface area contributed by atoms with Crippen LogP contribution in [-0.2, 0) is 21.4 Å². The van der Waals surface area contributed by atoms with Gasteiger partial charge in [-0.1, -0.05) is 41.4 Å². The molecule has 0 atom stereocenters. The second-order valence-corrected chi connectivity index (χ2v) is 11.2. The number of amides is 1. The third kappa shape index (κ3) is 7.75. The molecule has 0 heterocycles. The van der Waals surface area contributed by atoms with Crippen molar-refractivity contribution in [1.29, 1.82) is 0 Å². The normalized spacial score (nSPS) is 11.3. The van der Waals surface area contributed by atoms with Crippen LogP contribution in [0.1, 0.15) is 11.1 Å². The topological polar surface area (TPSA) is 97.3 Å². The number of sulfonamides is 1. The molecular weight excluding hydrogens is 573 g/mol. The summed E-state index contributed by atoms with van der Waals surface area (Å²) in [7, 11) is -2.63. The lowest BCUT2D eigenvalue weighted by atomic mass is 10.2. The summed E-state index contributed by atoms with van der Waals surface area (Å²) in [6.07, 6.45) is 1.44. The average molecular weight is 599 g/mol. The van der Waals surface area contributed by atoms with Crippen molar-refractivity contribution in [2.75, 3.05) is 18.0 Å². The Balaban J connectivity index is 1.41. The molecule has 4 aromatic carbocycles. The van der Waals surface area contributed by atoms with Crippen LogP contribution in [0.25, 0.3) is 0 Å². The van der Waals surface area contributed by atoms with E-state index >= 15 is 0 Å². The fraction of sp³-hybridized carbons (Fsp3) is 0.103. The average Bonchev–Trinajstić information content (AvgIpc) is 2.95. The van der Waals surface area contributed by atoms with Gasteiger partial charge >= 0.3 is 0 Å². The molecule has 0 aliphatic rings. The van der Waals surface area contributed by atoms with Gasteiger partial charge in [0, 0.05) is 10.0 Å². The summed E-state index contributed by atoms with van der Waals surface area (Å²) < 4.78 is 38.8. The zero-order valence-corrected chi connectivity index (χ0v) is 23.7. The lowest BCUT2D eigenvalue weighted by molar-refractivity contribution is -0.119. The highest BCUT2D eigenvalue weighted by Crippen LogP contribution is 2.27. The van der Waals surface area contributed by atoms with Gasteiger partial charge in [0.15, 0.2) is 0 Å². The molecule has 0 bridgehead atoms. The van der Waals surface area contributed by atoms with Gasteiger partial charge in [-0.25, -0.2) is 13.8 Å². The fourth-order valence-corrected chi connectivity index (χ4v) is 5.42. The van der Waals surface area contributed by atoms with Crippen LogP contribution >= 0.6 is 23.2 Å². The lowest BCUT2D eigenvalue weighted by Gasteiger charge is -2.24. The number of rotatable bonds is 11. The zero-order valence-electron chi connectivity index (χ0n) is 21.3. The van der Waals surface area contributed by atoms with Crippen molar-refractivity contribution in [3.05, 3.63) is 118 Å². The van der Waals surface area contributed by atoms with Gasteiger partial charge < -0.3 is 9.47 Å². The molecule has 40 heavy (non-hydrogen) atoms. The monoisotopic (exact) mass is 597 g/mol. The molecule has 0 radical (unpaired) electrons. The molecule has 0 spiro atoms. The number of nitrogens with one attached hydrogen (secondary N) is 1. The Bertz CT molecular complexity index is 1600. The molecule has 4 aromatic rings. The van der Waals surface area contributed by atoms with Crippen LogP contribution in [0.3, 0.4) is 0 Å². The second kappa shape index (κ2) is 13.3. The number of hydrazone groups is 1. The fourth-order valence-electron chi connectivity index (χ4n) is 3.61. The first-order chi connectivity index (χ1) is 19.2. The largest absolute Gasteiger partial charge is 0.497 e. The van der Waals surface area contributed by atoms with Crippen molar-refractivity contribution in [2.45, 2.75) is 11.5 Å². The van der Waals surface area contributed by atoms with Gasteiger partial charge in [-0.15, -0.1) is 0 Å². The van der Waals surface area contributed by atoms with E-state index in [0.717, 1.165) is 9.87 Å². The summed E-state index contributed by atoms with van der Waals surface area (Å²) in [6, 6.07) is 26.6. The number of nitrogens with zero attached hydrogens (tertiary/aromatic N) is 2. The Morgan fingerprint density at radius 2 is 1.55 bits per heavy atom. The minimum absolute atomic E-state index is 0.0118. The van der Waals surface area contributed by atoms with Crippen molar-refractivity contribution >= 4 is 51.0 Å². The van der Waals surface area contributed by atoms with Gasteiger partial charge in [0.2, 0.25) is 0 Å². The number of halogens is 2. The lowest BCUT2D eigenvalue weighted by Crippen LogP contribution is -2.39. The van der Waals surface area contributed by atoms with Crippen LogP contribution in [0.15, 0.2) is 107 Å². The third-order valence-electron chi connectivity index (χ3n) is 5.61. The number of benzene rings is 4. The van der Waals surface area contributed by atoms with Gasteiger partial charge in [0.25, 0.3) is 15.9 Å². The maximum atomic E-state index is 13.5. The molecule has 0 saturated heterocycles. The highest BCUT2D eigenvalue weighted by molar-refractivity contribution is 7.92. The Hall–Kier alpha value is -4.05. The number of hydrogen-bond donors (Lipinski definition) is 1. The summed E-state index contributed by atoms with van der Waals surface area (Å²) in [6.45, 7) is -0.158. The Kier molecular flexibility index (Phi) is 9.65. The van der Waals surface area contributed by atoms with Crippen LogP contribution < -0.4 is 19.2 Å². The quantitative estimate of drug-likeness (QED) is 0.171. The van der Waals surface area contributed by atoms with E-state index in [0.29, 0.717) is 33.7 Å². The van der Waals surface area contributed by atoms with Crippen LogP contribution in [-0.4, -0.2) is 34.2 Å². The van der Waals surface area contributed by atoms with Crippen LogP contribution in [0.2, 0.25) is 10.0 Å². The number of hydrogen-bond acceptors (Lipinski definition) is 6. The molecule has 1 N–H and O–H groups in total. The summed E-state index contributed by atoms with van der Waals surface area (Å²) in [5, 5.41) is 4.94. The predicted octanol–water partition coefficient (Wildman–Crippen LogP) is 5.93. The van der Waals surface area contributed by atoms with Gasteiger partial charge in [-0.2, -0.15) is 5.10 Å². The third-order valence-corrected chi connectivity index (χ3v) is 7.87. The maximum absolute atomic E-state index is 13.5. The van der Waals surface area contributed by atoms with Crippen molar-refractivity contribution in [1.82, 2.24) is 5.43 Å². The predicted molar refractivity (Wildman–Crippen MR) is 157 cm³/mol. The van der Waals surface area contributed by atoms with E-state index in [2.05, 4.69) is 10.5 Å². The van der Waals surface area contributed by atoms with Crippen molar-refractivity contribution in [2.24, 2.45) is 5.10 Å². The van der Waals surface area contributed by atoms with E-state index in [-0.39, 0.29) is 10.6 Å². The van der Waals surface area contributed by atoms with E-state index in [1.165, 1.54) is 43.7 Å². The number of ether oxygens (including phenoxy) is 2. The van der Waals surface area contributed by atoms with E-state index in [4.69, 9.17) is 32.7 Å². The van der Waals surface area contributed by atoms with Gasteiger partial charge in [0.05, 0.1) is 23.9 Å². The summed E-state index contributed by atoms with van der Waals surface area (Å²) in [4.78, 5) is 12.8. The molecule has 8 nitrogen and oxygen atoms in total. The van der Waals surface area contributed by atoms with Crippen LogP contribution in [0, 0.1) is 0 Å². The molecule has 0 aromatic heterocycles. The molecule has 1 amide bonds. The van der Waals surface area contributed by atoms with Crippen molar-refractivity contribution in [3.8, 4) is 11.5 Å². The number of carbonyl (C=O) groups is 1. The molecular formula is C29H25Cl2N3O5S. The highest BCUT2D eigenvalue weighted by atomic mass is 35.5.